The number of rotatable bonds is 3. The number of nitrogens with zero attached hydrogens (tertiary/aromatic N) is 1. The van der Waals surface area contributed by atoms with E-state index in [9.17, 15) is 9.59 Å². The summed E-state index contributed by atoms with van der Waals surface area (Å²) in [6.07, 6.45) is 6.46. The Morgan fingerprint density at radius 2 is 2.00 bits per heavy atom. The first-order valence-electron chi connectivity index (χ1n) is 9.24. The van der Waals surface area contributed by atoms with Gasteiger partial charge in [0.2, 0.25) is 5.91 Å². The number of carbonyl (C=O) groups excluding carboxylic acids is 2. The number of carbonyl (C=O) groups is 2. The van der Waals surface area contributed by atoms with E-state index in [2.05, 4.69) is 29.6 Å². The number of fused-ring (bicyclic) bond motifs is 2. The number of furan rings is 1. The Kier molecular flexibility index (Phi) is 4.31. The van der Waals surface area contributed by atoms with E-state index in [-0.39, 0.29) is 23.1 Å². The number of piperidine rings is 1. The average molecular weight is 352 g/mol. The van der Waals surface area contributed by atoms with Crippen molar-refractivity contribution in [1.82, 2.24) is 10.2 Å². The van der Waals surface area contributed by atoms with Gasteiger partial charge in [-0.1, -0.05) is 24.3 Å². The van der Waals surface area contributed by atoms with Crippen molar-refractivity contribution in [1.29, 1.82) is 0 Å². The van der Waals surface area contributed by atoms with E-state index in [1.807, 2.05) is 4.90 Å². The minimum Gasteiger partial charge on any atom is -0.472 e. The zero-order valence-electron chi connectivity index (χ0n) is 15.0. The van der Waals surface area contributed by atoms with E-state index < -0.39 is 0 Å². The third kappa shape index (κ3) is 2.81. The Morgan fingerprint density at radius 1 is 1.23 bits per heavy atom. The zero-order chi connectivity index (χ0) is 18.1. The minimum atomic E-state index is 0.0433. The number of hydrogen-bond acceptors (Lipinski definition) is 3. The highest BCUT2D eigenvalue weighted by atomic mass is 16.3. The maximum absolute atomic E-state index is 12.6. The van der Waals surface area contributed by atoms with Gasteiger partial charge < -0.3 is 14.6 Å². The molecular formula is C21H24N2O3. The van der Waals surface area contributed by atoms with Gasteiger partial charge in [-0.2, -0.15) is 0 Å². The molecule has 1 aromatic carbocycles. The summed E-state index contributed by atoms with van der Waals surface area (Å²) in [5, 5.41) is 2.75. The van der Waals surface area contributed by atoms with Crippen LogP contribution in [0.25, 0.3) is 0 Å². The molecule has 1 N–H and O–H groups in total. The van der Waals surface area contributed by atoms with Crippen LogP contribution in [0.4, 0.5) is 0 Å². The molecule has 2 amide bonds. The van der Waals surface area contributed by atoms with Gasteiger partial charge in [-0.25, -0.2) is 0 Å². The van der Waals surface area contributed by atoms with Gasteiger partial charge in [0.1, 0.15) is 6.26 Å². The molecular weight excluding hydrogens is 328 g/mol. The predicted octanol–water partition coefficient (Wildman–Crippen LogP) is 3.08. The highest BCUT2D eigenvalue weighted by Gasteiger charge is 2.46. The standard InChI is InChI=1S/C21H24N2O3/c1-22-19(24)12-16-13-21(18-5-3-2-4-17(16)18)7-9-23(10-8-21)20(25)15-6-11-26-14-15/h2-6,11,14,16H,7-10,12-13H2,1H3,(H,22,24). The lowest BCUT2D eigenvalue weighted by molar-refractivity contribution is -0.121. The van der Waals surface area contributed by atoms with Gasteiger partial charge in [0.15, 0.2) is 0 Å². The lowest BCUT2D eigenvalue weighted by Crippen LogP contribution is -2.44. The van der Waals surface area contributed by atoms with Crippen molar-refractivity contribution in [2.24, 2.45) is 0 Å². The van der Waals surface area contributed by atoms with Gasteiger partial charge in [-0.15, -0.1) is 0 Å². The van der Waals surface area contributed by atoms with Crippen molar-refractivity contribution in [3.63, 3.8) is 0 Å². The topological polar surface area (TPSA) is 62.6 Å². The van der Waals surface area contributed by atoms with Crippen LogP contribution in [0.5, 0.6) is 0 Å². The van der Waals surface area contributed by atoms with Crippen molar-refractivity contribution in [3.05, 3.63) is 59.5 Å². The van der Waals surface area contributed by atoms with Crippen LogP contribution in [0.1, 0.15) is 53.1 Å². The van der Waals surface area contributed by atoms with E-state index in [0.29, 0.717) is 12.0 Å². The molecule has 0 radical (unpaired) electrons. The molecule has 2 heterocycles. The fraction of sp³-hybridized carbons (Fsp3) is 0.429. The van der Waals surface area contributed by atoms with Gasteiger partial charge in [-0.05, 0) is 47.8 Å². The number of amides is 2. The summed E-state index contributed by atoms with van der Waals surface area (Å²) in [5.74, 6) is 0.401. The molecule has 1 saturated heterocycles. The zero-order valence-corrected chi connectivity index (χ0v) is 15.0. The number of benzene rings is 1. The molecule has 5 heteroatoms. The van der Waals surface area contributed by atoms with Crippen molar-refractivity contribution in [2.75, 3.05) is 20.1 Å². The predicted molar refractivity (Wildman–Crippen MR) is 98.0 cm³/mol. The molecule has 1 atom stereocenters. The van der Waals surface area contributed by atoms with Crippen LogP contribution in [0, 0.1) is 0 Å². The summed E-state index contributed by atoms with van der Waals surface area (Å²) in [7, 11) is 1.69. The minimum absolute atomic E-state index is 0.0433. The van der Waals surface area contributed by atoms with E-state index in [4.69, 9.17) is 4.42 Å². The van der Waals surface area contributed by atoms with Crippen LogP contribution in [0.15, 0.2) is 47.3 Å². The third-order valence-corrected chi connectivity index (χ3v) is 6.10. The molecule has 2 aromatic rings. The molecule has 1 aliphatic carbocycles. The Balaban J connectivity index is 1.53. The van der Waals surface area contributed by atoms with Gasteiger partial charge in [-0.3, -0.25) is 9.59 Å². The van der Waals surface area contributed by atoms with Crippen LogP contribution < -0.4 is 5.32 Å². The number of nitrogens with one attached hydrogen (secondary N) is 1. The average Bonchev–Trinajstić information content (AvgIpc) is 3.30. The third-order valence-electron chi connectivity index (χ3n) is 6.10. The van der Waals surface area contributed by atoms with Gasteiger partial charge in [0.25, 0.3) is 5.91 Å². The fourth-order valence-electron chi connectivity index (χ4n) is 4.72. The Morgan fingerprint density at radius 3 is 2.69 bits per heavy atom. The van der Waals surface area contributed by atoms with Crippen LogP contribution in [-0.2, 0) is 10.2 Å². The van der Waals surface area contributed by atoms with Crippen LogP contribution in [0.3, 0.4) is 0 Å². The second kappa shape index (κ2) is 6.63. The SMILES string of the molecule is CNC(=O)CC1CC2(CCN(C(=O)c3ccoc3)CC2)c2ccccc21. The summed E-state index contributed by atoms with van der Waals surface area (Å²) < 4.78 is 5.04. The first-order valence-corrected chi connectivity index (χ1v) is 9.24. The summed E-state index contributed by atoms with van der Waals surface area (Å²) >= 11 is 0. The first-order chi connectivity index (χ1) is 12.6. The van der Waals surface area contributed by atoms with E-state index in [1.54, 1.807) is 13.1 Å². The van der Waals surface area contributed by atoms with E-state index in [1.165, 1.54) is 23.7 Å². The molecule has 5 nitrogen and oxygen atoms in total. The molecule has 1 fully saturated rings. The fourth-order valence-corrected chi connectivity index (χ4v) is 4.72. The summed E-state index contributed by atoms with van der Waals surface area (Å²) in [4.78, 5) is 26.4. The Labute approximate surface area is 153 Å². The molecule has 1 unspecified atom stereocenters. The lowest BCUT2D eigenvalue weighted by Gasteiger charge is -2.40. The lowest BCUT2D eigenvalue weighted by atomic mass is 9.73. The maximum Gasteiger partial charge on any atom is 0.257 e. The van der Waals surface area contributed by atoms with Crippen LogP contribution in [0.2, 0.25) is 0 Å². The summed E-state index contributed by atoms with van der Waals surface area (Å²) in [6.45, 7) is 1.48. The Bertz CT molecular complexity index is 804. The van der Waals surface area contributed by atoms with E-state index >= 15 is 0 Å². The highest BCUT2D eigenvalue weighted by molar-refractivity contribution is 5.93. The molecule has 0 saturated carbocycles. The Hall–Kier alpha value is -2.56. The molecule has 1 spiro atoms. The van der Waals surface area contributed by atoms with Crippen molar-refractivity contribution >= 4 is 11.8 Å². The molecule has 2 aliphatic rings. The maximum atomic E-state index is 12.6. The van der Waals surface area contributed by atoms with E-state index in [0.717, 1.165) is 32.4 Å². The molecule has 0 bridgehead atoms. The van der Waals surface area contributed by atoms with Crippen molar-refractivity contribution in [3.8, 4) is 0 Å². The molecule has 1 aromatic heterocycles. The molecule has 1 aliphatic heterocycles. The number of likely N-dealkylation sites (tertiary alicyclic amines) is 1. The number of hydrogen-bond donors (Lipinski definition) is 1. The van der Waals surface area contributed by atoms with Crippen molar-refractivity contribution < 1.29 is 14.0 Å². The highest BCUT2D eigenvalue weighted by Crippen LogP contribution is 2.52. The summed E-state index contributed by atoms with van der Waals surface area (Å²) in [6, 6.07) is 10.3. The molecule has 136 valence electrons. The quantitative estimate of drug-likeness (QED) is 0.923. The van der Waals surface area contributed by atoms with Gasteiger partial charge in [0, 0.05) is 26.6 Å². The summed E-state index contributed by atoms with van der Waals surface area (Å²) in [5.41, 5.74) is 3.39. The molecule has 26 heavy (non-hydrogen) atoms. The van der Waals surface area contributed by atoms with Crippen LogP contribution in [-0.4, -0.2) is 36.9 Å². The smallest absolute Gasteiger partial charge is 0.257 e. The van der Waals surface area contributed by atoms with Crippen molar-refractivity contribution in [2.45, 2.75) is 37.0 Å². The van der Waals surface area contributed by atoms with Crippen LogP contribution >= 0.6 is 0 Å². The van der Waals surface area contributed by atoms with Gasteiger partial charge >= 0.3 is 0 Å². The second-order valence-electron chi connectivity index (χ2n) is 7.45. The monoisotopic (exact) mass is 352 g/mol. The normalized spacial score (nSPS) is 20.8. The second-order valence-corrected chi connectivity index (χ2v) is 7.45. The molecule has 4 rings (SSSR count). The largest absolute Gasteiger partial charge is 0.472 e. The van der Waals surface area contributed by atoms with Gasteiger partial charge in [0.05, 0.1) is 11.8 Å². The first kappa shape index (κ1) is 16.9.